The van der Waals surface area contributed by atoms with Gasteiger partial charge in [0.1, 0.15) is 0 Å². The van der Waals surface area contributed by atoms with Crippen molar-refractivity contribution in [2.45, 2.75) is 123 Å². The van der Waals surface area contributed by atoms with Gasteiger partial charge >= 0.3 is 0 Å². The smallest absolute Gasteiger partial charge is 0.0162 e. The summed E-state index contributed by atoms with van der Waals surface area (Å²) >= 11 is 0. The maximum atomic E-state index is 2.41. The molecule has 0 nitrogen and oxygen atoms in total. The highest BCUT2D eigenvalue weighted by atomic mass is 14.3. The molecule has 182 valence electrons. The molecule has 1 unspecified atom stereocenters. The largest absolute Gasteiger partial charge is 0.0654 e. The van der Waals surface area contributed by atoms with Gasteiger partial charge in [0.15, 0.2) is 0 Å². The van der Waals surface area contributed by atoms with Crippen molar-refractivity contribution >= 4 is 0 Å². The van der Waals surface area contributed by atoms with Crippen LogP contribution in [0.4, 0.5) is 0 Å². The van der Waals surface area contributed by atoms with Gasteiger partial charge in [0, 0.05) is 0 Å². The van der Waals surface area contributed by atoms with Crippen molar-refractivity contribution in [3.63, 3.8) is 0 Å². The Kier molecular flexibility index (Phi) is 11.6. The molecule has 0 amide bonds. The fourth-order valence-corrected chi connectivity index (χ4v) is 5.93. The molecule has 3 rings (SSSR count). The van der Waals surface area contributed by atoms with E-state index in [1.807, 2.05) is 0 Å². The van der Waals surface area contributed by atoms with Gasteiger partial charge in [-0.05, 0) is 85.0 Å². The summed E-state index contributed by atoms with van der Waals surface area (Å²) in [5.41, 5.74) is 5.78. The number of aryl methyl sites for hydroxylation is 1. The van der Waals surface area contributed by atoms with Crippen LogP contribution in [-0.4, -0.2) is 0 Å². The maximum absolute atomic E-state index is 2.41. The molecule has 1 aliphatic carbocycles. The summed E-state index contributed by atoms with van der Waals surface area (Å²) in [6, 6.07) is 18.9. The van der Waals surface area contributed by atoms with Gasteiger partial charge in [0.05, 0.1) is 0 Å². The summed E-state index contributed by atoms with van der Waals surface area (Å²) < 4.78 is 0. The van der Waals surface area contributed by atoms with E-state index in [9.17, 15) is 0 Å². The molecule has 1 fully saturated rings. The lowest BCUT2D eigenvalue weighted by atomic mass is 9.74. The third-order valence-corrected chi connectivity index (χ3v) is 8.30. The third kappa shape index (κ3) is 8.62. The van der Waals surface area contributed by atoms with E-state index >= 15 is 0 Å². The highest BCUT2D eigenvalue weighted by molar-refractivity contribution is 5.64. The molecule has 0 N–H and O–H groups in total. The number of rotatable bonds is 14. The van der Waals surface area contributed by atoms with Crippen LogP contribution in [0.5, 0.6) is 0 Å². The lowest BCUT2D eigenvalue weighted by Crippen LogP contribution is -2.16. The summed E-state index contributed by atoms with van der Waals surface area (Å²) in [6.45, 7) is 7.01. The molecule has 2 aromatic carbocycles. The van der Waals surface area contributed by atoms with Gasteiger partial charge in [0.25, 0.3) is 0 Å². The molecule has 1 aliphatic rings. The Hall–Kier alpha value is -1.56. The zero-order valence-electron chi connectivity index (χ0n) is 22.0. The topological polar surface area (TPSA) is 0 Å². The molecule has 33 heavy (non-hydrogen) atoms. The number of hydrogen-bond acceptors (Lipinski definition) is 0. The minimum atomic E-state index is 0.779. The van der Waals surface area contributed by atoms with E-state index in [1.54, 1.807) is 5.56 Å². The van der Waals surface area contributed by atoms with Gasteiger partial charge in [-0.3, -0.25) is 0 Å². The van der Waals surface area contributed by atoms with Gasteiger partial charge in [-0.25, -0.2) is 0 Å². The zero-order chi connectivity index (χ0) is 23.3. The molecule has 0 saturated heterocycles. The van der Waals surface area contributed by atoms with Crippen molar-refractivity contribution in [2.75, 3.05) is 0 Å². The van der Waals surface area contributed by atoms with Crippen LogP contribution < -0.4 is 0 Å². The Labute approximate surface area is 205 Å². The summed E-state index contributed by atoms with van der Waals surface area (Å²) in [6.07, 6.45) is 20.8. The summed E-state index contributed by atoms with van der Waals surface area (Å²) in [5.74, 6) is 2.73. The molecule has 0 aromatic heterocycles. The molecule has 1 saturated carbocycles. The first-order chi connectivity index (χ1) is 16.2. The van der Waals surface area contributed by atoms with E-state index in [1.165, 1.54) is 113 Å². The van der Waals surface area contributed by atoms with Gasteiger partial charge in [-0.1, -0.05) is 121 Å². The highest BCUT2D eigenvalue weighted by Crippen LogP contribution is 2.39. The van der Waals surface area contributed by atoms with E-state index in [0.717, 1.165) is 17.8 Å². The van der Waals surface area contributed by atoms with Crippen LogP contribution in [0.2, 0.25) is 0 Å². The molecule has 0 heterocycles. The van der Waals surface area contributed by atoms with E-state index < -0.39 is 0 Å². The lowest BCUT2D eigenvalue weighted by molar-refractivity contribution is 0.256. The molecular formula is C33H50. The Morgan fingerprint density at radius 2 is 1.27 bits per heavy atom. The van der Waals surface area contributed by atoms with Crippen LogP contribution >= 0.6 is 0 Å². The monoisotopic (exact) mass is 446 g/mol. The van der Waals surface area contributed by atoms with Gasteiger partial charge in [0.2, 0.25) is 0 Å². The predicted molar refractivity (Wildman–Crippen MR) is 147 cm³/mol. The van der Waals surface area contributed by atoms with Crippen molar-refractivity contribution in [3.05, 3.63) is 59.7 Å². The fraction of sp³-hybridized carbons (Fsp3) is 0.636. The van der Waals surface area contributed by atoms with Gasteiger partial charge in [-0.15, -0.1) is 0 Å². The van der Waals surface area contributed by atoms with Gasteiger partial charge in [-0.2, -0.15) is 0 Å². The predicted octanol–water partition coefficient (Wildman–Crippen LogP) is 10.7. The summed E-state index contributed by atoms with van der Waals surface area (Å²) in [7, 11) is 0. The first-order valence-electron chi connectivity index (χ1n) is 14.4. The van der Waals surface area contributed by atoms with Crippen LogP contribution in [0.15, 0.2) is 48.5 Å². The van der Waals surface area contributed by atoms with Gasteiger partial charge < -0.3 is 0 Å². The van der Waals surface area contributed by atoms with Crippen LogP contribution in [0.1, 0.15) is 128 Å². The first-order valence-corrected chi connectivity index (χ1v) is 14.4. The summed E-state index contributed by atoms with van der Waals surface area (Å²) in [4.78, 5) is 0. The molecule has 0 spiro atoms. The van der Waals surface area contributed by atoms with E-state index in [-0.39, 0.29) is 0 Å². The van der Waals surface area contributed by atoms with Crippen LogP contribution in [-0.2, 0) is 6.42 Å². The second-order valence-corrected chi connectivity index (χ2v) is 10.9. The van der Waals surface area contributed by atoms with Crippen molar-refractivity contribution in [2.24, 2.45) is 11.8 Å². The van der Waals surface area contributed by atoms with Crippen LogP contribution in [0, 0.1) is 11.8 Å². The fourth-order valence-electron chi connectivity index (χ4n) is 5.93. The average molecular weight is 447 g/mol. The molecule has 2 aromatic rings. The Morgan fingerprint density at radius 1 is 0.667 bits per heavy atom. The highest BCUT2D eigenvalue weighted by Gasteiger charge is 2.24. The molecule has 1 atom stereocenters. The quantitative estimate of drug-likeness (QED) is 0.253. The Bertz CT molecular complexity index is 746. The number of benzene rings is 2. The Morgan fingerprint density at radius 3 is 1.88 bits per heavy atom. The zero-order valence-corrected chi connectivity index (χ0v) is 22.0. The Balaban J connectivity index is 1.45. The summed E-state index contributed by atoms with van der Waals surface area (Å²) in [5, 5.41) is 0. The second kappa shape index (κ2) is 14.6. The molecule has 0 radical (unpaired) electrons. The first kappa shape index (κ1) is 26.1. The molecule has 0 heteroatoms. The normalized spacial score (nSPS) is 19.5. The van der Waals surface area contributed by atoms with Crippen molar-refractivity contribution in [3.8, 4) is 11.1 Å². The van der Waals surface area contributed by atoms with E-state index in [0.29, 0.717) is 0 Å². The maximum Gasteiger partial charge on any atom is -0.0162 e. The third-order valence-electron chi connectivity index (χ3n) is 8.30. The number of unbranched alkanes of at least 4 members (excludes halogenated alkanes) is 5. The second-order valence-electron chi connectivity index (χ2n) is 10.9. The van der Waals surface area contributed by atoms with Crippen LogP contribution in [0.3, 0.4) is 0 Å². The SMILES string of the molecule is CCCCCCCc1ccc(-c2ccc(C3CCC(CC(CC)CCCC)CC3)cc2)cc1. The minimum absolute atomic E-state index is 0.779. The van der Waals surface area contributed by atoms with Crippen LogP contribution in [0.25, 0.3) is 11.1 Å². The van der Waals surface area contributed by atoms with E-state index in [2.05, 4.69) is 69.3 Å². The standard InChI is InChI=1S/C33H50/c1-4-7-9-10-11-13-28-14-18-30(19-15-28)32-22-24-33(25-23-32)31-20-16-29(17-21-31)26-27(6-3)12-8-5-2/h14-15,18-19,22-25,27,29,31H,4-13,16-17,20-21,26H2,1-3H3. The van der Waals surface area contributed by atoms with Crippen molar-refractivity contribution < 1.29 is 0 Å². The minimum Gasteiger partial charge on any atom is -0.0654 e. The van der Waals surface area contributed by atoms with Crippen molar-refractivity contribution in [1.82, 2.24) is 0 Å². The van der Waals surface area contributed by atoms with Crippen molar-refractivity contribution in [1.29, 1.82) is 0 Å². The van der Waals surface area contributed by atoms with E-state index in [4.69, 9.17) is 0 Å². The number of hydrogen-bond donors (Lipinski definition) is 0. The molecular weight excluding hydrogens is 396 g/mol. The lowest BCUT2D eigenvalue weighted by Gasteiger charge is -2.31. The molecule has 0 bridgehead atoms. The average Bonchev–Trinajstić information content (AvgIpc) is 2.87. The molecule has 0 aliphatic heterocycles.